The van der Waals surface area contributed by atoms with Crippen LogP contribution in [-0.2, 0) is 10.1 Å². The molecule has 0 aliphatic heterocycles. The van der Waals surface area contributed by atoms with Gasteiger partial charge in [0.25, 0.3) is 0 Å². The van der Waals surface area contributed by atoms with Gasteiger partial charge in [-0.3, -0.25) is 0 Å². The average molecular weight is 459 g/mol. The Morgan fingerprint density at radius 1 is 0.621 bits per heavy atom. The predicted molar refractivity (Wildman–Crippen MR) is 119 cm³/mol. The second-order valence-corrected chi connectivity index (χ2v) is 10.2. The Morgan fingerprint density at radius 3 is 1.45 bits per heavy atom. The van der Waals surface area contributed by atoms with Gasteiger partial charge in [-0.2, -0.15) is 0 Å². The minimum Gasteiger partial charge on any atom is -0.748 e. The second kappa shape index (κ2) is 22.7. The maximum atomic E-state index is 11.4. The first-order valence-corrected chi connectivity index (χ1v) is 13.5. The summed E-state index contributed by atoms with van der Waals surface area (Å²) in [6, 6.07) is 0. The van der Waals surface area contributed by atoms with E-state index in [4.69, 9.17) is 0 Å². The Balaban J connectivity index is 0. The molecule has 6 heteroatoms. The van der Waals surface area contributed by atoms with Crippen molar-refractivity contribution in [2.45, 2.75) is 147 Å². The molecule has 0 aliphatic carbocycles. The van der Waals surface area contributed by atoms with Crippen LogP contribution < -0.4 is 51.4 Å². The standard InChI is InChI=1S/C23H48O4S.K/c1-3-5-7-9-10-11-12-13-14-15-16-18-22(24)20-21-23(28(25,26)27)19-17-8-6-4-2;/h22-24H,3-21H2,1-2H3,(H,25,26,27);/q;+1/p-1. The molecule has 0 bridgehead atoms. The zero-order valence-corrected chi connectivity index (χ0v) is 23.6. The fourth-order valence-electron chi connectivity index (χ4n) is 3.80. The molecule has 2 atom stereocenters. The Hall–Kier alpha value is 1.51. The van der Waals surface area contributed by atoms with Crippen LogP contribution in [0.1, 0.15) is 136 Å². The van der Waals surface area contributed by atoms with Crippen molar-refractivity contribution in [1.82, 2.24) is 0 Å². The summed E-state index contributed by atoms with van der Waals surface area (Å²) in [7, 11) is -4.25. The summed E-state index contributed by atoms with van der Waals surface area (Å²) in [6.45, 7) is 4.35. The number of aliphatic hydroxyl groups is 1. The Morgan fingerprint density at radius 2 is 1.00 bits per heavy atom. The van der Waals surface area contributed by atoms with Gasteiger partial charge >= 0.3 is 51.4 Å². The second-order valence-electron chi connectivity index (χ2n) is 8.52. The van der Waals surface area contributed by atoms with Crippen molar-refractivity contribution < 1.29 is 69.5 Å². The summed E-state index contributed by atoms with van der Waals surface area (Å²) in [5, 5.41) is 9.30. The summed E-state index contributed by atoms with van der Waals surface area (Å²) >= 11 is 0. The molecule has 0 aliphatic rings. The summed E-state index contributed by atoms with van der Waals surface area (Å²) in [5.41, 5.74) is 0. The van der Waals surface area contributed by atoms with Gasteiger partial charge in [0, 0.05) is 5.25 Å². The van der Waals surface area contributed by atoms with Crippen molar-refractivity contribution in [1.29, 1.82) is 0 Å². The first-order valence-electron chi connectivity index (χ1n) is 12.0. The first-order chi connectivity index (χ1) is 13.4. The largest absolute Gasteiger partial charge is 1.00 e. The van der Waals surface area contributed by atoms with Crippen molar-refractivity contribution in [3.63, 3.8) is 0 Å². The number of rotatable bonds is 21. The molecule has 4 nitrogen and oxygen atoms in total. The molecule has 0 fully saturated rings. The Kier molecular flexibility index (Phi) is 25.6. The molecule has 0 heterocycles. The third kappa shape index (κ3) is 22.5. The van der Waals surface area contributed by atoms with E-state index in [1.807, 2.05) is 0 Å². The van der Waals surface area contributed by atoms with E-state index in [-0.39, 0.29) is 51.4 Å². The maximum absolute atomic E-state index is 11.4. The molecule has 0 amide bonds. The van der Waals surface area contributed by atoms with Gasteiger partial charge in [-0.15, -0.1) is 0 Å². The Labute approximate surface area is 224 Å². The molecule has 0 radical (unpaired) electrons. The van der Waals surface area contributed by atoms with Gasteiger partial charge in [-0.25, -0.2) is 8.42 Å². The van der Waals surface area contributed by atoms with E-state index in [0.29, 0.717) is 19.3 Å². The van der Waals surface area contributed by atoms with Gasteiger partial charge in [-0.05, 0) is 25.7 Å². The first kappa shape index (κ1) is 32.7. The maximum Gasteiger partial charge on any atom is 1.00 e. The zero-order valence-electron chi connectivity index (χ0n) is 19.7. The van der Waals surface area contributed by atoms with Crippen molar-refractivity contribution in [3.8, 4) is 0 Å². The van der Waals surface area contributed by atoms with Crippen molar-refractivity contribution in [3.05, 3.63) is 0 Å². The predicted octanol–water partition coefficient (Wildman–Crippen LogP) is 3.72. The molecule has 1 N–H and O–H groups in total. The summed E-state index contributed by atoms with van der Waals surface area (Å²) < 4.78 is 34.3. The van der Waals surface area contributed by atoms with Crippen LogP contribution in [0.3, 0.4) is 0 Å². The molecule has 29 heavy (non-hydrogen) atoms. The normalized spacial score (nSPS) is 13.8. The fourth-order valence-corrected chi connectivity index (χ4v) is 4.68. The SMILES string of the molecule is CCCCCCCCCCCCCC(O)CCC(CCCCCC)S(=O)(=O)[O-].[K+]. The van der Waals surface area contributed by atoms with E-state index >= 15 is 0 Å². The average Bonchev–Trinajstić information content (AvgIpc) is 2.64. The molecular weight excluding hydrogens is 411 g/mol. The molecule has 0 saturated carbocycles. The minimum absolute atomic E-state index is 0. The van der Waals surface area contributed by atoms with Gasteiger partial charge in [-0.1, -0.05) is 110 Å². The van der Waals surface area contributed by atoms with Gasteiger partial charge < -0.3 is 9.66 Å². The van der Waals surface area contributed by atoms with E-state index < -0.39 is 21.5 Å². The number of hydrogen-bond acceptors (Lipinski definition) is 4. The molecule has 0 aromatic heterocycles. The van der Waals surface area contributed by atoms with Crippen LogP contribution in [0.15, 0.2) is 0 Å². The van der Waals surface area contributed by atoms with Gasteiger partial charge in [0.15, 0.2) is 0 Å². The van der Waals surface area contributed by atoms with Gasteiger partial charge in [0.05, 0.1) is 16.2 Å². The molecule has 0 saturated heterocycles. The molecule has 0 aromatic rings. The van der Waals surface area contributed by atoms with Gasteiger partial charge in [0.1, 0.15) is 0 Å². The van der Waals surface area contributed by atoms with E-state index in [1.54, 1.807) is 0 Å². The topological polar surface area (TPSA) is 77.4 Å². The van der Waals surface area contributed by atoms with Crippen LogP contribution >= 0.6 is 0 Å². The number of hydrogen-bond donors (Lipinski definition) is 1. The van der Waals surface area contributed by atoms with Crippen LogP contribution in [-0.4, -0.2) is 29.4 Å². The monoisotopic (exact) mass is 458 g/mol. The summed E-state index contributed by atoms with van der Waals surface area (Å²) in [6.07, 6.45) is 19.4. The van der Waals surface area contributed by atoms with Crippen molar-refractivity contribution >= 4 is 10.1 Å². The Bertz CT molecular complexity index is 429. The van der Waals surface area contributed by atoms with E-state index in [2.05, 4.69) is 13.8 Å². The van der Waals surface area contributed by atoms with Crippen LogP contribution in [0, 0.1) is 0 Å². The molecule has 0 aromatic carbocycles. The van der Waals surface area contributed by atoms with Crippen molar-refractivity contribution in [2.75, 3.05) is 0 Å². The minimum atomic E-state index is -4.25. The molecule has 0 spiro atoms. The zero-order chi connectivity index (χ0) is 21.1. The van der Waals surface area contributed by atoms with Crippen LogP contribution in [0.2, 0.25) is 0 Å². The number of aliphatic hydroxyl groups excluding tert-OH is 1. The smallest absolute Gasteiger partial charge is 0.748 e. The molecule has 2 unspecified atom stereocenters. The molecule has 170 valence electrons. The molecule has 0 rings (SSSR count). The van der Waals surface area contributed by atoms with E-state index in [0.717, 1.165) is 44.9 Å². The van der Waals surface area contributed by atoms with Gasteiger partial charge in [0.2, 0.25) is 0 Å². The van der Waals surface area contributed by atoms with Crippen molar-refractivity contribution in [2.24, 2.45) is 0 Å². The van der Waals surface area contributed by atoms with E-state index in [9.17, 15) is 18.1 Å². The quantitative estimate of drug-likeness (QED) is 0.162. The summed E-state index contributed by atoms with van der Waals surface area (Å²) in [4.78, 5) is 0. The third-order valence-corrected chi connectivity index (χ3v) is 7.04. The van der Waals surface area contributed by atoms with Crippen LogP contribution in [0.25, 0.3) is 0 Å². The number of unbranched alkanes of at least 4 members (excludes halogenated alkanes) is 13. The summed E-state index contributed by atoms with van der Waals surface area (Å²) in [5.74, 6) is 0. The fraction of sp³-hybridized carbons (Fsp3) is 1.00. The molecular formula is C23H47KO4S. The van der Waals surface area contributed by atoms with Crippen LogP contribution in [0.4, 0.5) is 0 Å². The third-order valence-electron chi connectivity index (χ3n) is 5.75. The van der Waals surface area contributed by atoms with E-state index in [1.165, 1.54) is 57.8 Å². The van der Waals surface area contributed by atoms with Crippen LogP contribution in [0.5, 0.6) is 0 Å².